The summed E-state index contributed by atoms with van der Waals surface area (Å²) in [4.78, 5) is 11.1. The van der Waals surface area contributed by atoms with Crippen molar-refractivity contribution in [1.82, 2.24) is 0 Å². The summed E-state index contributed by atoms with van der Waals surface area (Å²) in [6.07, 6.45) is 0. The number of rotatable bonds is 5. The largest absolute Gasteiger partial charge is 0.494 e. The van der Waals surface area contributed by atoms with Crippen LogP contribution in [0.4, 0.5) is 0 Å². The highest BCUT2D eigenvalue weighted by atomic mass is 16.5. The third kappa shape index (κ3) is 2.97. The van der Waals surface area contributed by atoms with Crippen molar-refractivity contribution >= 4 is 5.97 Å². The molecule has 3 N–H and O–H groups in total. The number of aliphatic carboxylic acids is 1. The second-order valence-electron chi connectivity index (χ2n) is 4.51. The molecule has 0 radical (unpaired) electrons. The second kappa shape index (κ2) is 5.19. The van der Waals surface area contributed by atoms with Crippen LogP contribution in [0, 0.1) is 5.41 Å². The Kier molecular flexibility index (Phi) is 4.12. The van der Waals surface area contributed by atoms with E-state index < -0.39 is 17.4 Å². The topological polar surface area (TPSA) is 72.5 Å². The van der Waals surface area contributed by atoms with Gasteiger partial charge in [-0.2, -0.15) is 0 Å². The molecule has 1 aromatic carbocycles. The molecular weight excluding hydrogens is 218 g/mol. The zero-order valence-corrected chi connectivity index (χ0v) is 10.4. The van der Waals surface area contributed by atoms with Crippen molar-refractivity contribution in [2.45, 2.75) is 26.8 Å². The summed E-state index contributed by atoms with van der Waals surface area (Å²) >= 11 is 0. The number of ether oxygens (including phenoxy) is 1. The van der Waals surface area contributed by atoms with Crippen LogP contribution in [-0.2, 0) is 4.79 Å². The molecule has 1 aromatic rings. The van der Waals surface area contributed by atoms with Crippen LogP contribution < -0.4 is 10.5 Å². The van der Waals surface area contributed by atoms with Crippen LogP contribution in [-0.4, -0.2) is 17.7 Å². The maximum atomic E-state index is 11.1. The van der Waals surface area contributed by atoms with Gasteiger partial charge in [-0.05, 0) is 38.5 Å². The van der Waals surface area contributed by atoms with Crippen molar-refractivity contribution in [2.24, 2.45) is 11.1 Å². The van der Waals surface area contributed by atoms with Crippen LogP contribution in [0.2, 0.25) is 0 Å². The van der Waals surface area contributed by atoms with E-state index in [1.54, 1.807) is 38.1 Å². The molecule has 1 rings (SSSR count). The smallest absolute Gasteiger partial charge is 0.311 e. The monoisotopic (exact) mass is 237 g/mol. The Morgan fingerprint density at radius 1 is 1.41 bits per heavy atom. The number of carboxylic acids is 1. The average molecular weight is 237 g/mol. The molecule has 1 unspecified atom stereocenters. The SMILES string of the molecule is CCOc1ccc(C(N)C(C)(C)C(=O)O)cc1. The molecule has 0 aliphatic rings. The van der Waals surface area contributed by atoms with Crippen molar-refractivity contribution in [3.05, 3.63) is 29.8 Å². The predicted molar refractivity (Wildman–Crippen MR) is 66.0 cm³/mol. The van der Waals surface area contributed by atoms with Crippen molar-refractivity contribution in [1.29, 1.82) is 0 Å². The van der Waals surface area contributed by atoms with Gasteiger partial charge in [0.25, 0.3) is 0 Å². The van der Waals surface area contributed by atoms with Gasteiger partial charge in [0, 0.05) is 6.04 Å². The van der Waals surface area contributed by atoms with Gasteiger partial charge in [0.2, 0.25) is 0 Å². The van der Waals surface area contributed by atoms with E-state index in [1.807, 2.05) is 6.92 Å². The van der Waals surface area contributed by atoms with Gasteiger partial charge < -0.3 is 15.6 Å². The Balaban J connectivity index is 2.90. The molecule has 0 aliphatic carbocycles. The molecule has 0 bridgehead atoms. The van der Waals surface area contributed by atoms with E-state index in [-0.39, 0.29) is 0 Å². The molecule has 0 heterocycles. The third-order valence-electron chi connectivity index (χ3n) is 2.88. The van der Waals surface area contributed by atoms with E-state index in [1.165, 1.54) is 0 Å². The van der Waals surface area contributed by atoms with E-state index in [2.05, 4.69) is 0 Å². The van der Waals surface area contributed by atoms with Gasteiger partial charge in [0.15, 0.2) is 0 Å². The Labute approximate surface area is 101 Å². The van der Waals surface area contributed by atoms with Crippen LogP contribution >= 0.6 is 0 Å². The summed E-state index contributed by atoms with van der Waals surface area (Å²) in [5.41, 5.74) is 5.78. The highest BCUT2D eigenvalue weighted by Gasteiger charge is 2.35. The predicted octanol–water partition coefficient (Wildman–Crippen LogP) is 2.20. The lowest BCUT2D eigenvalue weighted by molar-refractivity contribution is -0.148. The van der Waals surface area contributed by atoms with Crippen LogP contribution in [0.5, 0.6) is 5.75 Å². The molecule has 4 heteroatoms. The number of carbonyl (C=O) groups is 1. The highest BCUT2D eigenvalue weighted by Crippen LogP contribution is 2.32. The number of carboxylic acid groups (broad SMARTS) is 1. The summed E-state index contributed by atoms with van der Waals surface area (Å²) in [6.45, 7) is 5.76. The van der Waals surface area contributed by atoms with E-state index >= 15 is 0 Å². The first-order valence-electron chi connectivity index (χ1n) is 5.61. The van der Waals surface area contributed by atoms with Crippen LogP contribution in [0.25, 0.3) is 0 Å². The lowest BCUT2D eigenvalue weighted by Crippen LogP contribution is -2.36. The van der Waals surface area contributed by atoms with Gasteiger partial charge in [-0.25, -0.2) is 0 Å². The fraction of sp³-hybridized carbons (Fsp3) is 0.462. The standard InChI is InChI=1S/C13H19NO3/c1-4-17-10-7-5-9(6-8-10)11(14)13(2,3)12(15)16/h5-8,11H,4,14H2,1-3H3,(H,15,16). The van der Waals surface area contributed by atoms with E-state index in [9.17, 15) is 4.79 Å². The fourth-order valence-corrected chi connectivity index (χ4v) is 1.49. The van der Waals surface area contributed by atoms with Crippen LogP contribution in [0.15, 0.2) is 24.3 Å². The average Bonchev–Trinajstić information content (AvgIpc) is 2.29. The zero-order chi connectivity index (χ0) is 13.1. The first-order valence-corrected chi connectivity index (χ1v) is 5.61. The molecule has 0 aromatic heterocycles. The summed E-state index contributed by atoms with van der Waals surface area (Å²) in [7, 11) is 0. The quantitative estimate of drug-likeness (QED) is 0.823. The Morgan fingerprint density at radius 2 is 1.94 bits per heavy atom. The summed E-state index contributed by atoms with van der Waals surface area (Å²) in [5.74, 6) is -0.143. The van der Waals surface area contributed by atoms with E-state index in [0.717, 1.165) is 11.3 Å². The normalized spacial score (nSPS) is 13.2. The van der Waals surface area contributed by atoms with Gasteiger partial charge in [-0.15, -0.1) is 0 Å². The second-order valence-corrected chi connectivity index (χ2v) is 4.51. The van der Waals surface area contributed by atoms with Gasteiger partial charge in [0.1, 0.15) is 5.75 Å². The Bertz CT molecular complexity index is 384. The van der Waals surface area contributed by atoms with Crippen LogP contribution in [0.3, 0.4) is 0 Å². The lowest BCUT2D eigenvalue weighted by atomic mass is 9.81. The summed E-state index contributed by atoms with van der Waals surface area (Å²) in [6, 6.07) is 6.67. The first-order chi connectivity index (χ1) is 7.89. The molecule has 17 heavy (non-hydrogen) atoms. The van der Waals surface area contributed by atoms with E-state index in [0.29, 0.717) is 6.61 Å². The number of hydrogen-bond donors (Lipinski definition) is 2. The first kappa shape index (κ1) is 13.5. The number of nitrogens with two attached hydrogens (primary N) is 1. The van der Waals surface area contributed by atoms with Crippen LogP contribution in [0.1, 0.15) is 32.4 Å². The fourth-order valence-electron chi connectivity index (χ4n) is 1.49. The minimum atomic E-state index is -0.993. The molecule has 0 amide bonds. The Morgan fingerprint density at radius 3 is 2.35 bits per heavy atom. The van der Waals surface area contributed by atoms with E-state index in [4.69, 9.17) is 15.6 Å². The molecule has 4 nitrogen and oxygen atoms in total. The summed E-state index contributed by atoms with van der Waals surface area (Å²) < 4.78 is 5.32. The van der Waals surface area contributed by atoms with Crippen molar-refractivity contribution in [2.75, 3.05) is 6.61 Å². The molecule has 0 saturated heterocycles. The molecule has 94 valence electrons. The molecular formula is C13H19NO3. The zero-order valence-electron chi connectivity index (χ0n) is 10.4. The van der Waals surface area contributed by atoms with Crippen molar-refractivity contribution < 1.29 is 14.6 Å². The highest BCUT2D eigenvalue weighted by molar-refractivity contribution is 5.75. The lowest BCUT2D eigenvalue weighted by Gasteiger charge is -2.27. The summed E-state index contributed by atoms with van der Waals surface area (Å²) in [5, 5.41) is 9.11. The maximum Gasteiger partial charge on any atom is 0.311 e. The van der Waals surface area contributed by atoms with Gasteiger partial charge in [-0.1, -0.05) is 12.1 Å². The van der Waals surface area contributed by atoms with Gasteiger partial charge in [0.05, 0.1) is 12.0 Å². The third-order valence-corrected chi connectivity index (χ3v) is 2.88. The molecule has 0 aliphatic heterocycles. The molecule has 0 spiro atoms. The minimum Gasteiger partial charge on any atom is -0.494 e. The number of hydrogen-bond acceptors (Lipinski definition) is 3. The minimum absolute atomic E-state index is 0.546. The van der Waals surface area contributed by atoms with Crippen molar-refractivity contribution in [3.63, 3.8) is 0 Å². The van der Waals surface area contributed by atoms with Gasteiger partial charge in [-0.3, -0.25) is 4.79 Å². The molecule has 1 atom stereocenters. The van der Waals surface area contributed by atoms with Crippen molar-refractivity contribution in [3.8, 4) is 5.75 Å². The van der Waals surface area contributed by atoms with Gasteiger partial charge >= 0.3 is 5.97 Å². The number of benzene rings is 1. The Hall–Kier alpha value is -1.55. The maximum absolute atomic E-state index is 11.1. The molecule has 0 saturated carbocycles. The molecule has 0 fully saturated rings.